The maximum absolute atomic E-state index is 10.4. The highest BCUT2D eigenvalue weighted by atomic mass is 35.5. The maximum Gasteiger partial charge on any atom is 0.334 e. The number of hydrogen-bond acceptors (Lipinski definition) is 3. The molecule has 5 heteroatoms. The van der Waals surface area contributed by atoms with E-state index in [0.717, 1.165) is 0 Å². The molecule has 0 bridgehead atoms. The highest BCUT2D eigenvalue weighted by Gasteiger charge is 2.30. The minimum absolute atomic E-state index is 0. The summed E-state index contributed by atoms with van der Waals surface area (Å²) in [4.78, 5) is 10.4. The van der Waals surface area contributed by atoms with Crippen molar-refractivity contribution < 1.29 is 14.6 Å². The molecule has 1 fully saturated rings. The SMILES string of the molecule is CC1(C)COC(C(=O)O)CN1.Cl. The van der Waals surface area contributed by atoms with Crippen molar-refractivity contribution in [2.24, 2.45) is 0 Å². The van der Waals surface area contributed by atoms with Crippen molar-refractivity contribution in [3.8, 4) is 0 Å². The van der Waals surface area contributed by atoms with E-state index in [1.807, 2.05) is 13.8 Å². The highest BCUT2D eigenvalue weighted by molar-refractivity contribution is 5.85. The quantitative estimate of drug-likeness (QED) is 0.630. The van der Waals surface area contributed by atoms with Crippen LogP contribution in [-0.2, 0) is 9.53 Å². The van der Waals surface area contributed by atoms with Gasteiger partial charge in [-0.1, -0.05) is 0 Å². The molecule has 0 saturated carbocycles. The van der Waals surface area contributed by atoms with Crippen LogP contribution in [0.4, 0.5) is 0 Å². The van der Waals surface area contributed by atoms with Crippen molar-refractivity contribution in [2.45, 2.75) is 25.5 Å². The molecule has 72 valence electrons. The average Bonchev–Trinajstić information content (AvgIpc) is 1.86. The zero-order valence-corrected chi connectivity index (χ0v) is 7.98. The van der Waals surface area contributed by atoms with E-state index in [4.69, 9.17) is 9.84 Å². The first-order valence-electron chi connectivity index (χ1n) is 3.61. The number of hydrogen-bond donors (Lipinski definition) is 2. The Hall–Kier alpha value is -0.320. The second-order valence-electron chi connectivity index (χ2n) is 3.40. The normalized spacial score (nSPS) is 27.3. The molecular formula is C7H14ClNO3. The monoisotopic (exact) mass is 195 g/mol. The van der Waals surface area contributed by atoms with Gasteiger partial charge in [-0.3, -0.25) is 0 Å². The fraction of sp³-hybridized carbons (Fsp3) is 0.857. The maximum atomic E-state index is 10.4. The summed E-state index contributed by atoms with van der Waals surface area (Å²) in [5, 5.41) is 11.6. The number of ether oxygens (including phenoxy) is 1. The lowest BCUT2D eigenvalue weighted by molar-refractivity contribution is -0.154. The number of carboxylic acids is 1. The Bertz CT molecular complexity index is 162. The Morgan fingerprint density at radius 2 is 2.25 bits per heavy atom. The molecule has 4 nitrogen and oxygen atoms in total. The molecule has 1 atom stereocenters. The lowest BCUT2D eigenvalue weighted by Crippen LogP contribution is -2.55. The summed E-state index contributed by atoms with van der Waals surface area (Å²) in [7, 11) is 0. The lowest BCUT2D eigenvalue weighted by Gasteiger charge is -2.34. The van der Waals surface area contributed by atoms with Gasteiger partial charge in [-0.15, -0.1) is 12.4 Å². The third kappa shape index (κ3) is 2.97. The van der Waals surface area contributed by atoms with Crippen molar-refractivity contribution in [1.29, 1.82) is 0 Å². The van der Waals surface area contributed by atoms with Gasteiger partial charge in [0.05, 0.1) is 6.61 Å². The summed E-state index contributed by atoms with van der Waals surface area (Å²) in [6, 6.07) is 0. The van der Waals surface area contributed by atoms with E-state index in [-0.39, 0.29) is 17.9 Å². The minimum atomic E-state index is -0.895. The van der Waals surface area contributed by atoms with Crippen LogP contribution in [0.15, 0.2) is 0 Å². The van der Waals surface area contributed by atoms with Crippen LogP contribution in [0.1, 0.15) is 13.8 Å². The fourth-order valence-electron chi connectivity index (χ4n) is 0.946. The Morgan fingerprint density at radius 3 is 2.58 bits per heavy atom. The van der Waals surface area contributed by atoms with E-state index in [2.05, 4.69) is 5.32 Å². The van der Waals surface area contributed by atoms with Crippen molar-refractivity contribution >= 4 is 18.4 Å². The molecule has 1 aliphatic rings. The third-order valence-electron chi connectivity index (χ3n) is 1.69. The van der Waals surface area contributed by atoms with Gasteiger partial charge in [0.25, 0.3) is 0 Å². The number of aliphatic carboxylic acids is 1. The van der Waals surface area contributed by atoms with Gasteiger partial charge >= 0.3 is 5.97 Å². The van der Waals surface area contributed by atoms with Crippen LogP contribution in [0.25, 0.3) is 0 Å². The third-order valence-corrected chi connectivity index (χ3v) is 1.69. The van der Waals surface area contributed by atoms with E-state index < -0.39 is 12.1 Å². The largest absolute Gasteiger partial charge is 0.479 e. The number of morpholine rings is 1. The zero-order valence-electron chi connectivity index (χ0n) is 7.16. The van der Waals surface area contributed by atoms with Gasteiger partial charge in [-0.05, 0) is 13.8 Å². The molecule has 1 saturated heterocycles. The first-order valence-corrected chi connectivity index (χ1v) is 3.61. The van der Waals surface area contributed by atoms with E-state index in [1.54, 1.807) is 0 Å². The molecular weight excluding hydrogens is 182 g/mol. The smallest absolute Gasteiger partial charge is 0.334 e. The van der Waals surface area contributed by atoms with Crippen LogP contribution < -0.4 is 5.32 Å². The lowest BCUT2D eigenvalue weighted by atomic mass is 10.1. The second-order valence-corrected chi connectivity index (χ2v) is 3.40. The molecule has 0 aromatic rings. The Kier molecular flexibility index (Phi) is 3.96. The summed E-state index contributed by atoms with van der Waals surface area (Å²) in [5.74, 6) is -0.895. The van der Waals surface area contributed by atoms with Crippen molar-refractivity contribution in [2.75, 3.05) is 13.2 Å². The van der Waals surface area contributed by atoms with Gasteiger partial charge in [0, 0.05) is 12.1 Å². The van der Waals surface area contributed by atoms with Crippen LogP contribution >= 0.6 is 12.4 Å². The van der Waals surface area contributed by atoms with Crippen molar-refractivity contribution in [1.82, 2.24) is 5.32 Å². The molecule has 0 radical (unpaired) electrons. The molecule has 2 N–H and O–H groups in total. The summed E-state index contributed by atoms with van der Waals surface area (Å²) in [5.41, 5.74) is -0.0913. The van der Waals surface area contributed by atoms with Crippen LogP contribution in [0.5, 0.6) is 0 Å². The molecule has 0 aliphatic carbocycles. The van der Waals surface area contributed by atoms with E-state index in [1.165, 1.54) is 0 Å². The van der Waals surface area contributed by atoms with Gasteiger partial charge in [-0.25, -0.2) is 4.79 Å². The molecule has 0 amide bonds. The van der Waals surface area contributed by atoms with Gasteiger partial charge in [0.1, 0.15) is 0 Å². The van der Waals surface area contributed by atoms with Crippen molar-refractivity contribution in [3.63, 3.8) is 0 Å². The topological polar surface area (TPSA) is 58.6 Å². The zero-order chi connectivity index (χ0) is 8.48. The molecule has 1 rings (SSSR count). The summed E-state index contributed by atoms with van der Waals surface area (Å²) in [6.07, 6.45) is -0.678. The predicted octanol–water partition coefficient (Wildman–Crippen LogP) is 0.260. The fourth-order valence-corrected chi connectivity index (χ4v) is 0.946. The number of carbonyl (C=O) groups is 1. The Labute approximate surface area is 77.7 Å². The number of rotatable bonds is 1. The summed E-state index contributed by atoms with van der Waals surface area (Å²) in [6.45, 7) is 4.79. The van der Waals surface area contributed by atoms with Crippen LogP contribution in [0.2, 0.25) is 0 Å². The predicted molar refractivity (Wildman–Crippen MR) is 46.7 cm³/mol. The van der Waals surface area contributed by atoms with Crippen LogP contribution in [-0.4, -0.2) is 35.9 Å². The first-order chi connectivity index (χ1) is 5.01. The highest BCUT2D eigenvalue weighted by Crippen LogP contribution is 2.10. The average molecular weight is 196 g/mol. The Balaban J connectivity index is 0.00000121. The first kappa shape index (κ1) is 11.7. The molecule has 12 heavy (non-hydrogen) atoms. The van der Waals surface area contributed by atoms with Gasteiger partial charge in [0.15, 0.2) is 6.10 Å². The molecule has 1 unspecified atom stereocenters. The summed E-state index contributed by atoms with van der Waals surface area (Å²) < 4.78 is 5.09. The van der Waals surface area contributed by atoms with Gasteiger partial charge in [-0.2, -0.15) is 0 Å². The standard InChI is InChI=1S/C7H13NO3.ClH/c1-7(2)4-11-5(3-8-7)6(9)10;/h5,8H,3-4H2,1-2H3,(H,9,10);1H. The number of nitrogens with one attached hydrogen (secondary N) is 1. The molecule has 1 heterocycles. The van der Waals surface area contributed by atoms with Crippen LogP contribution in [0.3, 0.4) is 0 Å². The molecule has 0 aromatic heterocycles. The molecule has 1 aliphatic heterocycles. The van der Waals surface area contributed by atoms with E-state index >= 15 is 0 Å². The molecule has 0 aromatic carbocycles. The Morgan fingerprint density at radius 1 is 1.67 bits per heavy atom. The van der Waals surface area contributed by atoms with Crippen LogP contribution in [0, 0.1) is 0 Å². The minimum Gasteiger partial charge on any atom is -0.479 e. The molecule has 0 spiro atoms. The number of carboxylic acid groups (broad SMARTS) is 1. The van der Waals surface area contributed by atoms with Gasteiger partial charge < -0.3 is 15.2 Å². The van der Waals surface area contributed by atoms with Gasteiger partial charge in [0.2, 0.25) is 0 Å². The number of halogens is 1. The van der Waals surface area contributed by atoms with E-state index in [0.29, 0.717) is 13.2 Å². The van der Waals surface area contributed by atoms with Crippen molar-refractivity contribution in [3.05, 3.63) is 0 Å². The van der Waals surface area contributed by atoms with E-state index in [9.17, 15) is 4.79 Å². The second kappa shape index (κ2) is 4.07. The summed E-state index contributed by atoms with van der Waals surface area (Å²) >= 11 is 0.